The van der Waals surface area contributed by atoms with Crippen molar-refractivity contribution in [3.05, 3.63) is 54.3 Å². The molecule has 3 rings (SSSR count). The predicted octanol–water partition coefficient (Wildman–Crippen LogP) is 1.97. The fraction of sp³-hybridized carbons (Fsp3) is 0.0714. The van der Waals surface area contributed by atoms with Gasteiger partial charge in [-0.05, 0) is 36.4 Å². The van der Waals surface area contributed by atoms with Crippen molar-refractivity contribution in [3.8, 4) is 0 Å². The number of fused-ring (bicyclic) bond motifs is 1. The molecule has 0 aromatic heterocycles. The summed E-state index contributed by atoms with van der Waals surface area (Å²) >= 11 is 0. The van der Waals surface area contributed by atoms with Crippen LogP contribution in [0.25, 0.3) is 0 Å². The van der Waals surface area contributed by atoms with Crippen molar-refractivity contribution in [2.75, 3.05) is 16.2 Å². The number of benzene rings is 2. The van der Waals surface area contributed by atoms with E-state index >= 15 is 0 Å². The van der Waals surface area contributed by atoms with Crippen molar-refractivity contribution in [2.45, 2.75) is 4.90 Å². The number of para-hydroxylation sites is 1. The summed E-state index contributed by atoms with van der Waals surface area (Å²) in [4.78, 5) is 11.9. The molecule has 1 N–H and O–H groups in total. The third kappa shape index (κ3) is 2.36. The van der Waals surface area contributed by atoms with Crippen LogP contribution in [0.4, 0.5) is 15.8 Å². The van der Waals surface area contributed by atoms with E-state index in [0.29, 0.717) is 0 Å². The van der Waals surface area contributed by atoms with Crippen LogP contribution in [0.1, 0.15) is 0 Å². The van der Waals surface area contributed by atoms with E-state index in [0.717, 1.165) is 16.4 Å². The average Bonchev–Trinajstić information content (AvgIpc) is 2.55. The molecule has 1 aliphatic rings. The summed E-state index contributed by atoms with van der Waals surface area (Å²) in [5.74, 6) is -0.927. The van der Waals surface area contributed by atoms with Gasteiger partial charge in [0.25, 0.3) is 10.0 Å². The lowest BCUT2D eigenvalue weighted by Gasteiger charge is -2.21. The molecule has 0 aliphatic carbocycles. The Labute approximate surface area is 121 Å². The molecule has 0 spiro atoms. The van der Waals surface area contributed by atoms with Gasteiger partial charge in [0.2, 0.25) is 5.91 Å². The second-order valence-electron chi connectivity index (χ2n) is 4.53. The zero-order valence-electron chi connectivity index (χ0n) is 10.8. The molecule has 0 bridgehead atoms. The maximum atomic E-state index is 13.0. The third-order valence-corrected chi connectivity index (χ3v) is 4.96. The number of nitrogens with zero attached hydrogens (tertiary/aromatic N) is 1. The number of carbonyl (C=O) groups is 1. The highest BCUT2D eigenvalue weighted by molar-refractivity contribution is 7.93. The van der Waals surface area contributed by atoms with Crippen LogP contribution in [0, 0.1) is 5.82 Å². The van der Waals surface area contributed by atoms with E-state index in [-0.39, 0.29) is 22.8 Å². The van der Waals surface area contributed by atoms with Gasteiger partial charge in [0, 0.05) is 0 Å². The van der Waals surface area contributed by atoms with Crippen LogP contribution in [0.2, 0.25) is 0 Å². The summed E-state index contributed by atoms with van der Waals surface area (Å²) in [7, 11) is -3.89. The van der Waals surface area contributed by atoms with Gasteiger partial charge >= 0.3 is 0 Å². The second kappa shape index (κ2) is 4.85. The largest absolute Gasteiger partial charge is 0.323 e. The molecule has 2 aromatic carbocycles. The van der Waals surface area contributed by atoms with Crippen LogP contribution < -0.4 is 9.62 Å². The quantitative estimate of drug-likeness (QED) is 0.876. The van der Waals surface area contributed by atoms with Crippen LogP contribution in [0.3, 0.4) is 0 Å². The van der Waals surface area contributed by atoms with E-state index in [1.165, 1.54) is 24.3 Å². The monoisotopic (exact) mass is 306 g/mol. The van der Waals surface area contributed by atoms with Crippen molar-refractivity contribution in [1.29, 1.82) is 0 Å². The first-order chi connectivity index (χ1) is 9.98. The number of halogens is 1. The molecular formula is C14H11FN2O3S. The molecule has 0 saturated carbocycles. The van der Waals surface area contributed by atoms with Gasteiger partial charge in [-0.2, -0.15) is 0 Å². The Kier molecular flexibility index (Phi) is 3.13. The fourth-order valence-corrected chi connectivity index (χ4v) is 3.73. The lowest BCUT2D eigenvalue weighted by molar-refractivity contribution is -0.114. The normalized spacial score (nSPS) is 16.8. The van der Waals surface area contributed by atoms with E-state index in [1.807, 2.05) is 0 Å². The molecule has 0 atom stereocenters. The van der Waals surface area contributed by atoms with Crippen molar-refractivity contribution < 1.29 is 17.6 Å². The minimum atomic E-state index is -3.89. The molecule has 5 nitrogen and oxygen atoms in total. The number of rotatable bonds is 1. The Balaban J connectivity index is 2.17. The van der Waals surface area contributed by atoms with E-state index < -0.39 is 21.7 Å². The van der Waals surface area contributed by atoms with Gasteiger partial charge < -0.3 is 5.32 Å². The minimum Gasteiger partial charge on any atom is -0.323 e. The maximum absolute atomic E-state index is 13.0. The Morgan fingerprint density at radius 1 is 1.05 bits per heavy atom. The number of anilines is 2. The number of hydrogen-bond acceptors (Lipinski definition) is 3. The molecule has 0 fully saturated rings. The molecule has 2 aromatic rings. The lowest BCUT2D eigenvalue weighted by Crippen LogP contribution is -2.35. The zero-order chi connectivity index (χ0) is 15.0. The standard InChI is InChI=1S/C14H11FN2O3S/c15-10-5-7-11(8-6-10)17-9-14(18)16-12-3-1-2-4-13(12)21(17,19)20/h1-8H,9H2,(H,16,18). The van der Waals surface area contributed by atoms with Crippen LogP contribution in [0.15, 0.2) is 53.4 Å². The highest BCUT2D eigenvalue weighted by Gasteiger charge is 2.32. The average molecular weight is 306 g/mol. The van der Waals surface area contributed by atoms with E-state index in [2.05, 4.69) is 5.32 Å². The van der Waals surface area contributed by atoms with Crippen molar-refractivity contribution in [3.63, 3.8) is 0 Å². The molecular weight excluding hydrogens is 295 g/mol. The van der Waals surface area contributed by atoms with Gasteiger partial charge in [-0.3, -0.25) is 9.10 Å². The van der Waals surface area contributed by atoms with Gasteiger partial charge in [-0.15, -0.1) is 0 Å². The number of carbonyl (C=O) groups excluding carboxylic acids is 1. The van der Waals surface area contributed by atoms with Crippen molar-refractivity contribution in [2.24, 2.45) is 0 Å². The zero-order valence-corrected chi connectivity index (χ0v) is 11.6. The first kappa shape index (κ1) is 13.6. The Bertz CT molecular complexity index is 803. The van der Waals surface area contributed by atoms with Gasteiger partial charge in [0.05, 0.1) is 11.4 Å². The summed E-state index contributed by atoms with van der Waals surface area (Å²) in [6, 6.07) is 11.1. The van der Waals surface area contributed by atoms with E-state index in [1.54, 1.807) is 12.1 Å². The van der Waals surface area contributed by atoms with Gasteiger partial charge in [-0.25, -0.2) is 12.8 Å². The topological polar surface area (TPSA) is 66.5 Å². The first-order valence-corrected chi connectivity index (χ1v) is 7.60. The Hall–Kier alpha value is -2.41. The predicted molar refractivity (Wildman–Crippen MR) is 76.0 cm³/mol. The summed E-state index contributed by atoms with van der Waals surface area (Å²) < 4.78 is 39.4. The van der Waals surface area contributed by atoms with Crippen molar-refractivity contribution in [1.82, 2.24) is 0 Å². The summed E-state index contributed by atoms with van der Waals surface area (Å²) in [5, 5.41) is 2.56. The number of amides is 1. The lowest BCUT2D eigenvalue weighted by atomic mass is 10.3. The molecule has 1 amide bonds. The SMILES string of the molecule is O=C1CN(c2ccc(F)cc2)S(=O)(=O)c2ccccc2N1. The number of nitrogens with one attached hydrogen (secondary N) is 1. The van der Waals surface area contributed by atoms with Gasteiger partial charge in [0.15, 0.2) is 0 Å². The number of hydrogen-bond donors (Lipinski definition) is 1. The Morgan fingerprint density at radius 2 is 1.71 bits per heavy atom. The van der Waals surface area contributed by atoms with Gasteiger partial charge in [0.1, 0.15) is 17.3 Å². The highest BCUT2D eigenvalue weighted by atomic mass is 32.2. The van der Waals surface area contributed by atoms with E-state index in [9.17, 15) is 17.6 Å². The van der Waals surface area contributed by atoms with Crippen LogP contribution in [0.5, 0.6) is 0 Å². The molecule has 1 heterocycles. The second-order valence-corrected chi connectivity index (χ2v) is 6.36. The summed E-state index contributed by atoms with van der Waals surface area (Å²) in [6.07, 6.45) is 0. The third-order valence-electron chi connectivity index (χ3n) is 3.13. The van der Waals surface area contributed by atoms with Crippen molar-refractivity contribution >= 4 is 27.3 Å². The molecule has 0 radical (unpaired) electrons. The summed E-state index contributed by atoms with van der Waals surface area (Å²) in [5.41, 5.74) is 0.482. The van der Waals surface area contributed by atoms with Crippen LogP contribution in [-0.2, 0) is 14.8 Å². The smallest absolute Gasteiger partial charge is 0.266 e. The molecule has 21 heavy (non-hydrogen) atoms. The van der Waals surface area contributed by atoms with Crippen LogP contribution in [-0.4, -0.2) is 20.9 Å². The highest BCUT2D eigenvalue weighted by Crippen LogP contribution is 2.30. The van der Waals surface area contributed by atoms with Gasteiger partial charge in [-0.1, -0.05) is 12.1 Å². The molecule has 108 valence electrons. The summed E-state index contributed by atoms with van der Waals surface area (Å²) in [6.45, 7) is -0.358. The molecule has 0 saturated heterocycles. The van der Waals surface area contributed by atoms with E-state index in [4.69, 9.17) is 0 Å². The first-order valence-electron chi connectivity index (χ1n) is 6.16. The molecule has 7 heteroatoms. The van der Waals surface area contributed by atoms with Crippen LogP contribution >= 0.6 is 0 Å². The molecule has 1 aliphatic heterocycles. The molecule has 0 unspecified atom stereocenters. The Morgan fingerprint density at radius 3 is 2.43 bits per heavy atom. The number of sulfonamides is 1. The minimum absolute atomic E-state index is 0.0141. The fourth-order valence-electron chi connectivity index (χ4n) is 2.16. The maximum Gasteiger partial charge on any atom is 0.266 e.